The molecule has 1 aromatic carbocycles. The van der Waals surface area contributed by atoms with Gasteiger partial charge in [-0.3, -0.25) is 23.4 Å². The van der Waals surface area contributed by atoms with Crippen molar-refractivity contribution in [3.8, 4) is 5.75 Å². The van der Waals surface area contributed by atoms with E-state index in [1.807, 2.05) is 40.7 Å². The molecule has 1 N–H and O–H groups in total. The highest BCUT2D eigenvalue weighted by atomic mass is 32.1. The molecule has 3 unspecified atom stereocenters. The van der Waals surface area contributed by atoms with Crippen molar-refractivity contribution in [1.29, 1.82) is 0 Å². The van der Waals surface area contributed by atoms with Crippen molar-refractivity contribution in [3.05, 3.63) is 55.5 Å². The van der Waals surface area contributed by atoms with Crippen LogP contribution in [0.2, 0.25) is 0 Å². The number of aromatic amines is 1. The van der Waals surface area contributed by atoms with Gasteiger partial charge in [0.1, 0.15) is 17.8 Å². The molecule has 0 radical (unpaired) electrons. The number of nitrogens with zero attached hydrogens (tertiary/aromatic N) is 1. The Morgan fingerprint density at radius 1 is 1.16 bits per heavy atom. The zero-order valence-corrected chi connectivity index (χ0v) is 25.1. The van der Waals surface area contributed by atoms with Gasteiger partial charge in [0.05, 0.1) is 24.9 Å². The lowest BCUT2D eigenvalue weighted by Gasteiger charge is -2.33. The highest BCUT2D eigenvalue weighted by Crippen LogP contribution is 2.52. The van der Waals surface area contributed by atoms with Crippen LogP contribution in [0.3, 0.4) is 0 Å². The summed E-state index contributed by atoms with van der Waals surface area (Å²) < 4.78 is 41.5. The van der Waals surface area contributed by atoms with Gasteiger partial charge >= 0.3 is 8.60 Å². The van der Waals surface area contributed by atoms with Crippen LogP contribution in [-0.2, 0) is 31.2 Å². The lowest BCUT2D eigenvalue weighted by molar-refractivity contribution is -0.0222. The fourth-order valence-electron chi connectivity index (χ4n) is 4.27. The molecule has 0 bridgehead atoms. The summed E-state index contributed by atoms with van der Waals surface area (Å²) in [6.07, 6.45) is 2.78. The van der Waals surface area contributed by atoms with Gasteiger partial charge in [-0.05, 0) is 54.4 Å². The zero-order valence-electron chi connectivity index (χ0n) is 23.4. The molecule has 0 saturated carbocycles. The average Bonchev–Trinajstić information content (AvgIpc) is 3.28. The van der Waals surface area contributed by atoms with Gasteiger partial charge in [0.25, 0.3) is 5.56 Å². The first-order valence-electron chi connectivity index (χ1n) is 12.8. The Morgan fingerprint density at radius 2 is 1.81 bits per heavy atom. The number of benzene rings is 1. The van der Waals surface area contributed by atoms with Gasteiger partial charge < -0.3 is 9.26 Å². The van der Waals surface area contributed by atoms with E-state index in [2.05, 4.69) is 25.8 Å². The fourth-order valence-corrected chi connectivity index (χ4v) is 5.60. The van der Waals surface area contributed by atoms with E-state index in [0.29, 0.717) is 27.2 Å². The fraction of sp³-hybridized carbons (Fsp3) is 0.630. The maximum Gasteiger partial charge on any atom is 0.397 e. The standard InChI is InChI=1S/C25H34FN2O5PS.C2H6/c1-14-11-28(23(35)27-22(14)29)19-9-8-15(32-19)12-30-34-31-13-16-20(26)17(24(2,3)4)10-18(21(16)33-34)25(5,6)7;1-2/h10-11,15,19H,8-9,12-13H2,1-7H3,(H,27,29,35);1-2H3. The van der Waals surface area contributed by atoms with Gasteiger partial charge in [-0.15, -0.1) is 0 Å². The summed E-state index contributed by atoms with van der Waals surface area (Å²) in [5, 5.41) is 0. The predicted octanol–water partition coefficient (Wildman–Crippen LogP) is 7.50. The SMILES string of the molecule is CC.Cc1cn(C2CCC(COP3OCc4c(F)c(C(C)(C)C)cc(C(C)(C)C)c4O3)O2)c(=S)[nH]c1=O. The molecule has 0 amide bonds. The third-order valence-corrected chi connectivity index (χ3v) is 7.66. The Labute approximate surface area is 225 Å². The summed E-state index contributed by atoms with van der Waals surface area (Å²) in [7, 11) is -1.69. The number of H-pyrrole nitrogens is 1. The van der Waals surface area contributed by atoms with E-state index in [1.165, 1.54) is 0 Å². The number of ether oxygens (including phenoxy) is 1. The number of aromatic nitrogens is 2. The van der Waals surface area contributed by atoms with E-state index in [9.17, 15) is 4.79 Å². The number of fused-ring (bicyclic) bond motifs is 1. The van der Waals surface area contributed by atoms with Crippen molar-refractivity contribution in [2.45, 2.75) is 105 Å². The third kappa shape index (κ3) is 6.69. The van der Waals surface area contributed by atoms with E-state index in [0.717, 1.165) is 18.4 Å². The second-order valence-electron chi connectivity index (χ2n) is 11.2. The molecule has 2 aliphatic heterocycles. The molecule has 2 aromatic rings. The minimum Gasteiger partial charge on any atom is -0.426 e. The summed E-state index contributed by atoms with van der Waals surface area (Å²) in [6, 6.07) is 1.92. The highest BCUT2D eigenvalue weighted by Gasteiger charge is 2.36. The van der Waals surface area contributed by atoms with Crippen LogP contribution in [0.5, 0.6) is 5.75 Å². The molecule has 1 aromatic heterocycles. The molecule has 37 heavy (non-hydrogen) atoms. The van der Waals surface area contributed by atoms with E-state index in [1.54, 1.807) is 17.7 Å². The molecular weight excluding hydrogens is 514 g/mol. The third-order valence-electron chi connectivity index (χ3n) is 6.31. The molecule has 0 aliphatic carbocycles. The largest absolute Gasteiger partial charge is 0.426 e. The van der Waals surface area contributed by atoms with Crippen LogP contribution >= 0.6 is 20.8 Å². The first-order valence-corrected chi connectivity index (χ1v) is 14.3. The minimum atomic E-state index is -1.69. The molecular formula is C27H40FN2O5PS. The highest BCUT2D eigenvalue weighted by molar-refractivity contribution is 7.71. The Hall–Kier alpha value is -1.64. The number of hydrogen-bond acceptors (Lipinski definition) is 6. The summed E-state index contributed by atoms with van der Waals surface area (Å²) in [6.45, 7) is 18.4. The lowest BCUT2D eigenvalue weighted by Crippen LogP contribution is -2.23. The molecule has 2 aliphatic rings. The summed E-state index contributed by atoms with van der Waals surface area (Å²) in [5.74, 6) is 0.255. The van der Waals surface area contributed by atoms with Crippen molar-refractivity contribution in [3.63, 3.8) is 0 Å². The quantitative estimate of drug-likeness (QED) is 0.312. The van der Waals surface area contributed by atoms with Gasteiger partial charge in [-0.25, -0.2) is 4.39 Å². The van der Waals surface area contributed by atoms with Gasteiger partial charge in [0.15, 0.2) is 4.77 Å². The first-order chi connectivity index (χ1) is 17.3. The first kappa shape index (κ1) is 29.9. The van der Waals surface area contributed by atoms with Gasteiger partial charge in [-0.1, -0.05) is 55.4 Å². The van der Waals surface area contributed by atoms with E-state index < -0.39 is 8.60 Å². The zero-order chi connectivity index (χ0) is 27.7. The molecule has 0 spiro atoms. The van der Waals surface area contributed by atoms with Crippen molar-refractivity contribution in [1.82, 2.24) is 9.55 Å². The normalized spacial score (nSPS) is 21.6. The molecule has 4 rings (SSSR count). The van der Waals surface area contributed by atoms with Crippen molar-refractivity contribution in [2.75, 3.05) is 6.61 Å². The molecule has 1 saturated heterocycles. The summed E-state index contributed by atoms with van der Waals surface area (Å²) in [4.78, 5) is 14.4. The lowest BCUT2D eigenvalue weighted by atomic mass is 9.78. The molecule has 3 heterocycles. The van der Waals surface area contributed by atoms with E-state index in [-0.39, 0.29) is 47.8 Å². The van der Waals surface area contributed by atoms with Gasteiger partial charge in [-0.2, -0.15) is 0 Å². The second kappa shape index (κ2) is 11.6. The van der Waals surface area contributed by atoms with Crippen LogP contribution in [0.25, 0.3) is 0 Å². The van der Waals surface area contributed by atoms with Crippen molar-refractivity contribution >= 4 is 20.8 Å². The Morgan fingerprint density at radius 3 is 2.43 bits per heavy atom. The number of rotatable bonds is 4. The molecule has 3 atom stereocenters. The topological polar surface area (TPSA) is 74.7 Å². The van der Waals surface area contributed by atoms with Crippen LogP contribution in [0.4, 0.5) is 4.39 Å². The summed E-state index contributed by atoms with van der Waals surface area (Å²) >= 11 is 5.29. The molecule has 7 nitrogen and oxygen atoms in total. The number of aryl methyl sites for hydroxylation is 1. The number of hydrogen-bond donors (Lipinski definition) is 1. The van der Waals surface area contributed by atoms with Crippen molar-refractivity contribution in [2.24, 2.45) is 0 Å². The maximum absolute atomic E-state index is 15.4. The Kier molecular flexibility index (Phi) is 9.39. The number of nitrogens with one attached hydrogen (secondary N) is 1. The van der Waals surface area contributed by atoms with E-state index >= 15 is 4.39 Å². The molecule has 206 valence electrons. The molecule has 1 fully saturated rings. The van der Waals surface area contributed by atoms with Crippen LogP contribution in [0.1, 0.15) is 96.7 Å². The Bertz CT molecular complexity index is 1230. The molecule has 10 heteroatoms. The second-order valence-corrected chi connectivity index (χ2v) is 12.8. The van der Waals surface area contributed by atoms with Gasteiger partial charge in [0, 0.05) is 17.3 Å². The van der Waals surface area contributed by atoms with Crippen LogP contribution in [0, 0.1) is 17.5 Å². The smallest absolute Gasteiger partial charge is 0.397 e. The maximum atomic E-state index is 15.4. The average molecular weight is 555 g/mol. The number of halogens is 1. The van der Waals surface area contributed by atoms with Crippen LogP contribution in [0.15, 0.2) is 17.1 Å². The predicted molar refractivity (Wildman–Crippen MR) is 147 cm³/mol. The van der Waals surface area contributed by atoms with Gasteiger partial charge in [0.2, 0.25) is 0 Å². The van der Waals surface area contributed by atoms with Crippen molar-refractivity contribution < 1.29 is 22.7 Å². The minimum absolute atomic E-state index is 0.0971. The Balaban J connectivity index is 0.00000186. The van der Waals surface area contributed by atoms with E-state index in [4.69, 9.17) is 30.5 Å². The van der Waals surface area contributed by atoms with Crippen LogP contribution < -0.4 is 10.1 Å². The van der Waals surface area contributed by atoms with Crippen LogP contribution in [-0.4, -0.2) is 22.3 Å². The monoisotopic (exact) mass is 554 g/mol. The summed E-state index contributed by atoms with van der Waals surface area (Å²) in [5.41, 5.74) is 1.83.